The van der Waals surface area contributed by atoms with Gasteiger partial charge >= 0.3 is 6.18 Å². The van der Waals surface area contributed by atoms with Crippen molar-refractivity contribution in [2.75, 3.05) is 21.1 Å². The molecule has 0 bridgehead atoms. The Labute approximate surface area is 267 Å². The highest BCUT2D eigenvalue weighted by molar-refractivity contribution is 6.00. The maximum absolute atomic E-state index is 14.0. The second kappa shape index (κ2) is 11.7. The second-order valence-electron chi connectivity index (χ2n) is 12.7. The first-order valence-electron chi connectivity index (χ1n) is 14.8. The topological polar surface area (TPSA) is 124 Å². The van der Waals surface area contributed by atoms with Gasteiger partial charge in [0.2, 0.25) is 0 Å². The highest BCUT2D eigenvalue weighted by Gasteiger charge is 2.37. The smallest absolute Gasteiger partial charge is 0.416 e. The lowest BCUT2D eigenvalue weighted by Gasteiger charge is -2.33. The molecule has 0 atom stereocenters. The average molecular weight is 646 g/mol. The summed E-state index contributed by atoms with van der Waals surface area (Å²) in [5, 5.41) is 16.5. The normalized spacial score (nSPS) is 16.5. The quantitative estimate of drug-likeness (QED) is 0.242. The molecule has 1 aliphatic rings. The Balaban J connectivity index is 1.36. The molecular weight excluding hydrogens is 613 g/mol. The van der Waals surface area contributed by atoms with Crippen LogP contribution in [0.3, 0.4) is 0 Å². The van der Waals surface area contributed by atoms with E-state index in [1.807, 2.05) is 21.1 Å². The molecule has 1 N–H and O–H groups in total. The minimum Gasteiger partial charge on any atom is -0.439 e. The summed E-state index contributed by atoms with van der Waals surface area (Å²) in [6, 6.07) is 14.3. The van der Waals surface area contributed by atoms with Crippen LogP contribution in [0.15, 0.2) is 76.2 Å². The molecule has 1 saturated carbocycles. The fraction of sp³-hybridized carbons (Fsp3) is 0.303. The van der Waals surface area contributed by atoms with E-state index in [-0.39, 0.29) is 28.9 Å². The summed E-state index contributed by atoms with van der Waals surface area (Å²) in [5.41, 5.74) is -0.554. The molecule has 14 heteroatoms. The Bertz CT molecular complexity index is 2050. The molecule has 1 aliphatic carbocycles. The van der Waals surface area contributed by atoms with E-state index >= 15 is 0 Å². The molecule has 47 heavy (non-hydrogen) atoms. The van der Waals surface area contributed by atoms with Crippen molar-refractivity contribution in [1.82, 2.24) is 29.4 Å². The molecule has 1 amide bonds. The molecule has 0 spiro atoms. The van der Waals surface area contributed by atoms with E-state index < -0.39 is 23.2 Å². The van der Waals surface area contributed by atoms with Crippen LogP contribution in [0.4, 0.5) is 13.2 Å². The van der Waals surface area contributed by atoms with Crippen molar-refractivity contribution in [3.8, 4) is 28.8 Å². The maximum Gasteiger partial charge on any atom is 0.416 e. The number of nitriles is 1. The van der Waals surface area contributed by atoms with Crippen molar-refractivity contribution in [3.05, 3.63) is 106 Å². The molecule has 3 aromatic heterocycles. The Kier molecular flexibility index (Phi) is 7.88. The lowest BCUT2D eigenvalue weighted by atomic mass is 9.80. The fourth-order valence-electron chi connectivity index (χ4n) is 5.82. The third-order valence-electron chi connectivity index (χ3n) is 8.06. The summed E-state index contributed by atoms with van der Waals surface area (Å²) in [4.78, 5) is 32.4. The van der Waals surface area contributed by atoms with E-state index in [1.54, 1.807) is 36.5 Å². The Morgan fingerprint density at radius 3 is 2.49 bits per heavy atom. The van der Waals surface area contributed by atoms with Gasteiger partial charge < -0.3 is 14.2 Å². The summed E-state index contributed by atoms with van der Waals surface area (Å²) >= 11 is 0. The molecule has 6 rings (SSSR count). The van der Waals surface area contributed by atoms with E-state index in [4.69, 9.17) is 4.42 Å². The predicted molar refractivity (Wildman–Crippen MR) is 165 cm³/mol. The van der Waals surface area contributed by atoms with Gasteiger partial charge in [0.25, 0.3) is 11.5 Å². The molecule has 2 aromatic carbocycles. The van der Waals surface area contributed by atoms with Gasteiger partial charge in [0.1, 0.15) is 17.8 Å². The van der Waals surface area contributed by atoms with Crippen LogP contribution in [0.1, 0.15) is 51.9 Å². The van der Waals surface area contributed by atoms with Crippen LogP contribution in [0, 0.1) is 11.3 Å². The molecule has 1 fully saturated rings. The SMILES string of the molecule is Cn1c(-c2ccnn2-c2ccc(C#N)cc2)c(C(=O)N[C@H]2C[C@H](c3ncc(C[N+](C)(C)C)o3)C2)c(=O)n1-c1cccc(C(F)(F)F)c1. The van der Waals surface area contributed by atoms with E-state index in [2.05, 4.69) is 21.5 Å². The molecule has 242 valence electrons. The summed E-state index contributed by atoms with van der Waals surface area (Å²) < 4.78 is 51.4. The van der Waals surface area contributed by atoms with Gasteiger partial charge in [-0.05, 0) is 61.4 Å². The van der Waals surface area contributed by atoms with E-state index in [0.717, 1.165) is 22.6 Å². The Morgan fingerprint density at radius 1 is 1.11 bits per heavy atom. The predicted octanol–water partition coefficient (Wildman–Crippen LogP) is 4.79. The van der Waals surface area contributed by atoms with Crippen molar-refractivity contribution >= 4 is 5.91 Å². The van der Waals surface area contributed by atoms with Gasteiger partial charge in [0, 0.05) is 19.0 Å². The molecule has 0 unspecified atom stereocenters. The lowest BCUT2D eigenvalue weighted by Crippen LogP contribution is -2.44. The first-order valence-corrected chi connectivity index (χ1v) is 14.8. The first kappa shape index (κ1) is 31.6. The minimum atomic E-state index is -4.64. The zero-order valence-electron chi connectivity index (χ0n) is 26.1. The zero-order chi connectivity index (χ0) is 33.7. The number of quaternary nitrogens is 1. The third kappa shape index (κ3) is 6.22. The number of hydrogen-bond acceptors (Lipinski definition) is 6. The van der Waals surface area contributed by atoms with Gasteiger partial charge in [-0.25, -0.2) is 14.3 Å². The number of hydrogen-bond donors (Lipinski definition) is 1. The molecule has 0 aliphatic heterocycles. The number of halogens is 3. The number of oxazole rings is 1. The standard InChI is InChI=1S/C33H31F3N8O3/c1-41-29(27-12-13-39-42(27)24-10-8-20(17-37)9-11-24)28(32(46)43(41)25-7-5-6-22(16-25)33(34,35)36)30(45)40-23-14-21(15-23)31-38-18-26(47-31)19-44(2,3)4/h5-13,16,18,21,23H,14-15,19H2,1-4H3/p+1/t21-,23-. The van der Waals surface area contributed by atoms with Crippen LogP contribution in [0.25, 0.3) is 22.8 Å². The molecular formula is C33H32F3N8O3+. The van der Waals surface area contributed by atoms with Crippen molar-refractivity contribution < 1.29 is 26.9 Å². The van der Waals surface area contributed by atoms with Crippen LogP contribution < -0.4 is 10.9 Å². The van der Waals surface area contributed by atoms with Gasteiger partial charge in [-0.1, -0.05) is 6.07 Å². The zero-order valence-corrected chi connectivity index (χ0v) is 26.1. The number of nitrogens with zero attached hydrogens (tertiary/aromatic N) is 7. The maximum atomic E-state index is 14.0. The molecule has 0 saturated heterocycles. The van der Waals surface area contributed by atoms with Crippen LogP contribution >= 0.6 is 0 Å². The molecule has 3 heterocycles. The number of carbonyl (C=O) groups is 1. The number of nitrogens with one attached hydrogen (secondary N) is 1. The number of alkyl halides is 3. The van der Waals surface area contributed by atoms with E-state index in [1.165, 1.54) is 34.7 Å². The second-order valence-corrected chi connectivity index (χ2v) is 12.7. The van der Waals surface area contributed by atoms with Gasteiger partial charge in [0.15, 0.2) is 11.7 Å². The number of amides is 1. The summed E-state index contributed by atoms with van der Waals surface area (Å²) in [7, 11) is 7.65. The monoisotopic (exact) mass is 645 g/mol. The Morgan fingerprint density at radius 2 is 1.83 bits per heavy atom. The molecule has 0 radical (unpaired) electrons. The Hall–Kier alpha value is -5.42. The summed E-state index contributed by atoms with van der Waals surface area (Å²) in [5.74, 6) is 0.692. The van der Waals surface area contributed by atoms with Crippen LogP contribution in [0.2, 0.25) is 0 Å². The highest BCUT2D eigenvalue weighted by atomic mass is 19.4. The number of aromatic nitrogens is 5. The van der Waals surface area contributed by atoms with Crippen LogP contribution in [-0.2, 0) is 19.8 Å². The van der Waals surface area contributed by atoms with Crippen molar-refractivity contribution in [1.29, 1.82) is 5.26 Å². The van der Waals surface area contributed by atoms with Crippen LogP contribution in [0.5, 0.6) is 0 Å². The van der Waals surface area contributed by atoms with Crippen molar-refractivity contribution in [2.45, 2.75) is 37.5 Å². The largest absolute Gasteiger partial charge is 0.439 e. The third-order valence-corrected chi connectivity index (χ3v) is 8.06. The number of benzene rings is 2. The van der Waals surface area contributed by atoms with Crippen LogP contribution in [-0.4, -0.2) is 61.7 Å². The lowest BCUT2D eigenvalue weighted by molar-refractivity contribution is -0.884. The minimum absolute atomic E-state index is 0.00339. The fourth-order valence-corrected chi connectivity index (χ4v) is 5.82. The van der Waals surface area contributed by atoms with Gasteiger partial charge in [-0.15, -0.1) is 0 Å². The van der Waals surface area contributed by atoms with Crippen molar-refractivity contribution in [2.24, 2.45) is 7.05 Å². The average Bonchev–Trinajstić information content (AvgIpc) is 3.71. The molecule has 5 aromatic rings. The van der Waals surface area contributed by atoms with Crippen molar-refractivity contribution in [3.63, 3.8) is 0 Å². The number of rotatable bonds is 8. The van der Waals surface area contributed by atoms with Gasteiger partial charge in [-0.3, -0.25) is 14.3 Å². The number of carbonyl (C=O) groups excluding carboxylic acids is 1. The summed E-state index contributed by atoms with van der Waals surface area (Å²) in [6.45, 7) is 0.674. The highest BCUT2D eigenvalue weighted by Crippen LogP contribution is 2.37. The van der Waals surface area contributed by atoms with Gasteiger partial charge in [-0.2, -0.15) is 23.5 Å². The van der Waals surface area contributed by atoms with E-state index in [9.17, 15) is 28.0 Å². The van der Waals surface area contributed by atoms with E-state index in [0.29, 0.717) is 46.7 Å². The first-order chi connectivity index (χ1) is 22.2. The summed E-state index contributed by atoms with van der Waals surface area (Å²) in [6.07, 6.45) is -0.347. The van der Waals surface area contributed by atoms with Gasteiger partial charge in [0.05, 0.1) is 67.8 Å². The molecule has 11 nitrogen and oxygen atoms in total.